The number of aromatic nitrogens is 1. The van der Waals surface area contributed by atoms with Gasteiger partial charge in [-0.3, -0.25) is 9.78 Å². The maximum atomic E-state index is 12.4. The van der Waals surface area contributed by atoms with E-state index in [1.165, 1.54) is 7.11 Å². The van der Waals surface area contributed by atoms with Gasteiger partial charge in [0.2, 0.25) is 0 Å². The third-order valence-electron chi connectivity index (χ3n) is 4.67. The Labute approximate surface area is 153 Å². The van der Waals surface area contributed by atoms with Crippen molar-refractivity contribution < 1.29 is 14.3 Å². The third kappa shape index (κ3) is 4.26. The SMILES string of the molecule is COC(=O)c1ccc([C@H]2C[C@@H](NC(=O)c3ccccn3)CN(C)C2)cc1. The molecular formula is C20H23N3O3. The molecule has 1 N–H and O–H groups in total. The molecule has 2 aromatic rings. The molecule has 2 atom stereocenters. The molecule has 1 saturated heterocycles. The second kappa shape index (κ2) is 8.10. The smallest absolute Gasteiger partial charge is 0.337 e. The fourth-order valence-corrected chi connectivity index (χ4v) is 3.43. The average molecular weight is 353 g/mol. The molecule has 3 rings (SSSR count). The predicted octanol–water partition coefficient (Wildman–Crippen LogP) is 2.09. The summed E-state index contributed by atoms with van der Waals surface area (Å²) in [6, 6.07) is 12.9. The molecule has 1 aromatic carbocycles. The molecule has 6 nitrogen and oxygen atoms in total. The second-order valence-corrected chi connectivity index (χ2v) is 6.65. The zero-order valence-corrected chi connectivity index (χ0v) is 15.0. The summed E-state index contributed by atoms with van der Waals surface area (Å²) in [5, 5.41) is 3.09. The molecule has 1 fully saturated rings. The summed E-state index contributed by atoms with van der Waals surface area (Å²) >= 11 is 0. The topological polar surface area (TPSA) is 71.5 Å². The number of nitrogens with one attached hydrogen (secondary N) is 1. The van der Waals surface area contributed by atoms with Crippen molar-refractivity contribution in [3.8, 4) is 0 Å². The lowest BCUT2D eigenvalue weighted by molar-refractivity contribution is 0.0600. The molecule has 1 aromatic heterocycles. The number of nitrogens with zero attached hydrogens (tertiary/aromatic N) is 2. The Hall–Kier alpha value is -2.73. The van der Waals surface area contributed by atoms with E-state index in [9.17, 15) is 9.59 Å². The molecule has 136 valence electrons. The van der Waals surface area contributed by atoms with Crippen molar-refractivity contribution in [2.24, 2.45) is 0 Å². The molecule has 1 amide bonds. The predicted molar refractivity (Wildman–Crippen MR) is 98.1 cm³/mol. The number of benzene rings is 1. The van der Waals surface area contributed by atoms with Gasteiger partial charge >= 0.3 is 5.97 Å². The first-order chi connectivity index (χ1) is 12.6. The number of piperidine rings is 1. The van der Waals surface area contributed by atoms with Crippen molar-refractivity contribution in [3.05, 3.63) is 65.5 Å². The van der Waals surface area contributed by atoms with Crippen molar-refractivity contribution in [2.45, 2.75) is 18.4 Å². The van der Waals surface area contributed by atoms with E-state index in [-0.39, 0.29) is 23.8 Å². The molecule has 0 aliphatic carbocycles. The Kier molecular flexibility index (Phi) is 5.63. The first kappa shape index (κ1) is 18.1. The molecule has 0 spiro atoms. The Balaban J connectivity index is 1.68. The highest BCUT2D eigenvalue weighted by molar-refractivity contribution is 5.92. The van der Waals surface area contributed by atoms with Crippen molar-refractivity contribution in [2.75, 3.05) is 27.2 Å². The molecule has 0 saturated carbocycles. The van der Waals surface area contributed by atoms with Gasteiger partial charge in [0.25, 0.3) is 5.91 Å². The summed E-state index contributed by atoms with van der Waals surface area (Å²) in [4.78, 5) is 30.3. The van der Waals surface area contributed by atoms with Gasteiger partial charge in [-0.25, -0.2) is 4.79 Å². The van der Waals surface area contributed by atoms with Gasteiger partial charge in [-0.2, -0.15) is 0 Å². The monoisotopic (exact) mass is 353 g/mol. The highest BCUT2D eigenvalue weighted by atomic mass is 16.5. The van der Waals surface area contributed by atoms with Crippen LogP contribution in [-0.4, -0.2) is 55.0 Å². The minimum atomic E-state index is -0.335. The number of carbonyl (C=O) groups excluding carboxylic acids is 2. The lowest BCUT2D eigenvalue weighted by atomic mass is 9.88. The van der Waals surface area contributed by atoms with Crippen LogP contribution in [0.15, 0.2) is 48.7 Å². The van der Waals surface area contributed by atoms with E-state index in [1.807, 2.05) is 12.1 Å². The van der Waals surface area contributed by atoms with Crippen LogP contribution in [0.4, 0.5) is 0 Å². The normalized spacial score (nSPS) is 20.4. The molecule has 0 radical (unpaired) electrons. The van der Waals surface area contributed by atoms with Crippen LogP contribution in [0.3, 0.4) is 0 Å². The van der Waals surface area contributed by atoms with Gasteiger partial charge in [0.15, 0.2) is 0 Å². The quantitative estimate of drug-likeness (QED) is 0.852. The largest absolute Gasteiger partial charge is 0.465 e. The number of methoxy groups -OCH3 is 1. The minimum Gasteiger partial charge on any atom is -0.465 e. The highest BCUT2D eigenvalue weighted by Crippen LogP contribution is 2.27. The number of ether oxygens (including phenoxy) is 1. The first-order valence-electron chi connectivity index (χ1n) is 8.65. The van der Waals surface area contributed by atoms with Crippen LogP contribution in [0.1, 0.15) is 38.7 Å². The number of pyridine rings is 1. The number of carbonyl (C=O) groups is 2. The van der Waals surface area contributed by atoms with Crippen LogP contribution in [0.5, 0.6) is 0 Å². The molecule has 6 heteroatoms. The van der Waals surface area contributed by atoms with E-state index in [4.69, 9.17) is 4.74 Å². The van der Waals surface area contributed by atoms with Crippen LogP contribution in [0, 0.1) is 0 Å². The van der Waals surface area contributed by atoms with Crippen LogP contribution in [0.25, 0.3) is 0 Å². The van der Waals surface area contributed by atoms with Gasteiger partial charge in [-0.1, -0.05) is 18.2 Å². The molecule has 0 unspecified atom stereocenters. The van der Waals surface area contributed by atoms with Gasteiger partial charge < -0.3 is 15.0 Å². The van der Waals surface area contributed by atoms with E-state index in [1.54, 1.807) is 36.5 Å². The van der Waals surface area contributed by atoms with Crippen LogP contribution in [-0.2, 0) is 4.74 Å². The number of likely N-dealkylation sites (N-methyl/N-ethyl adjacent to an activating group) is 1. The summed E-state index contributed by atoms with van der Waals surface area (Å²) < 4.78 is 4.74. The number of esters is 1. The average Bonchev–Trinajstić information content (AvgIpc) is 2.67. The number of amides is 1. The Morgan fingerprint density at radius 1 is 1.15 bits per heavy atom. The number of hydrogen-bond donors (Lipinski definition) is 1. The van der Waals surface area contributed by atoms with E-state index in [0.29, 0.717) is 11.3 Å². The Morgan fingerprint density at radius 2 is 1.92 bits per heavy atom. The maximum absolute atomic E-state index is 12.4. The van der Waals surface area contributed by atoms with Gasteiger partial charge in [0.1, 0.15) is 5.69 Å². The van der Waals surface area contributed by atoms with Crippen molar-refractivity contribution in [3.63, 3.8) is 0 Å². The van der Waals surface area contributed by atoms with Crippen LogP contribution in [0.2, 0.25) is 0 Å². The van der Waals surface area contributed by atoms with Gasteiger partial charge in [0, 0.05) is 25.3 Å². The van der Waals surface area contributed by atoms with E-state index >= 15 is 0 Å². The molecule has 26 heavy (non-hydrogen) atoms. The number of hydrogen-bond acceptors (Lipinski definition) is 5. The summed E-state index contributed by atoms with van der Waals surface area (Å²) in [6.45, 7) is 1.71. The van der Waals surface area contributed by atoms with Gasteiger partial charge in [-0.15, -0.1) is 0 Å². The minimum absolute atomic E-state index is 0.0496. The molecule has 1 aliphatic heterocycles. The highest BCUT2D eigenvalue weighted by Gasteiger charge is 2.28. The van der Waals surface area contributed by atoms with E-state index in [2.05, 4.69) is 22.2 Å². The zero-order chi connectivity index (χ0) is 18.5. The lowest BCUT2D eigenvalue weighted by Crippen LogP contribution is -2.49. The van der Waals surface area contributed by atoms with Crippen molar-refractivity contribution in [1.29, 1.82) is 0 Å². The summed E-state index contributed by atoms with van der Waals surface area (Å²) in [5.74, 6) is -0.196. The summed E-state index contributed by atoms with van der Waals surface area (Å²) in [7, 11) is 3.43. The van der Waals surface area contributed by atoms with Crippen molar-refractivity contribution >= 4 is 11.9 Å². The van der Waals surface area contributed by atoms with Crippen molar-refractivity contribution in [1.82, 2.24) is 15.2 Å². The third-order valence-corrected chi connectivity index (χ3v) is 4.67. The second-order valence-electron chi connectivity index (χ2n) is 6.65. The Bertz CT molecular complexity index is 762. The zero-order valence-electron chi connectivity index (χ0n) is 15.0. The van der Waals surface area contributed by atoms with Crippen LogP contribution >= 0.6 is 0 Å². The molecule has 2 heterocycles. The fourth-order valence-electron chi connectivity index (χ4n) is 3.43. The Morgan fingerprint density at radius 3 is 2.58 bits per heavy atom. The van der Waals surface area contributed by atoms with Gasteiger partial charge in [0.05, 0.1) is 12.7 Å². The summed E-state index contributed by atoms with van der Waals surface area (Å²) in [6.07, 6.45) is 2.47. The van der Waals surface area contributed by atoms with Gasteiger partial charge in [-0.05, 0) is 49.2 Å². The summed E-state index contributed by atoms with van der Waals surface area (Å²) in [5.41, 5.74) is 2.13. The fraction of sp³-hybridized carbons (Fsp3) is 0.350. The lowest BCUT2D eigenvalue weighted by Gasteiger charge is -2.36. The number of rotatable bonds is 4. The maximum Gasteiger partial charge on any atom is 0.337 e. The standard InChI is InChI=1S/C20H23N3O3/c1-23-12-16(14-6-8-15(9-7-14)20(25)26-2)11-17(13-23)22-19(24)18-5-3-4-10-21-18/h3-10,16-17H,11-13H2,1-2H3,(H,22,24)/t16-,17+/m0/s1. The van der Waals surface area contributed by atoms with E-state index in [0.717, 1.165) is 25.1 Å². The molecular weight excluding hydrogens is 330 g/mol. The first-order valence-corrected chi connectivity index (χ1v) is 8.65. The number of likely N-dealkylation sites (tertiary alicyclic amines) is 1. The van der Waals surface area contributed by atoms with E-state index < -0.39 is 0 Å². The van der Waals surface area contributed by atoms with Crippen LogP contribution < -0.4 is 5.32 Å². The molecule has 1 aliphatic rings. The molecule has 0 bridgehead atoms.